The van der Waals surface area contributed by atoms with Gasteiger partial charge in [0, 0.05) is 11.8 Å². The number of benzene rings is 1. The van der Waals surface area contributed by atoms with Gasteiger partial charge in [0.15, 0.2) is 0 Å². The van der Waals surface area contributed by atoms with Crippen LogP contribution >= 0.6 is 23.2 Å². The van der Waals surface area contributed by atoms with Gasteiger partial charge in [-0.2, -0.15) is 8.42 Å². The molecular formula is C15H14Cl2N2O5S. The van der Waals surface area contributed by atoms with Crippen LogP contribution in [0.3, 0.4) is 0 Å². The molecule has 134 valence electrons. The van der Waals surface area contributed by atoms with Crippen LogP contribution in [0.4, 0.5) is 0 Å². The highest BCUT2D eigenvalue weighted by Crippen LogP contribution is 2.24. The molecule has 0 radical (unpaired) electrons. The Kier molecular flexibility index (Phi) is 5.76. The molecule has 0 saturated heterocycles. The van der Waals surface area contributed by atoms with Crippen molar-refractivity contribution in [1.82, 2.24) is 4.68 Å². The molecule has 0 aliphatic rings. The number of aryl methyl sites for hydroxylation is 1. The third kappa shape index (κ3) is 4.33. The number of methoxy groups -OCH3 is 1. The number of ether oxygens (including phenoxy) is 1. The number of rotatable bonds is 5. The fourth-order valence-electron chi connectivity index (χ4n) is 2.00. The third-order valence-electron chi connectivity index (χ3n) is 3.40. The van der Waals surface area contributed by atoms with Gasteiger partial charge in [0.1, 0.15) is 0 Å². The van der Waals surface area contributed by atoms with Crippen LogP contribution in [0.15, 0.2) is 40.2 Å². The van der Waals surface area contributed by atoms with Crippen LogP contribution in [0.2, 0.25) is 10.0 Å². The summed E-state index contributed by atoms with van der Waals surface area (Å²) < 4.78 is 30.2. The molecule has 7 nitrogen and oxygen atoms in total. The number of nitrogens with one attached hydrogen (secondary N) is 1. The summed E-state index contributed by atoms with van der Waals surface area (Å²) in [6, 6.07) is 5.27. The molecule has 0 aliphatic heterocycles. The van der Waals surface area contributed by atoms with Crippen molar-refractivity contribution >= 4 is 39.2 Å². The summed E-state index contributed by atoms with van der Waals surface area (Å²) in [6.45, 7) is 1.64. The Morgan fingerprint density at radius 1 is 1.24 bits per heavy atom. The van der Waals surface area contributed by atoms with Crippen LogP contribution in [0.5, 0.6) is 0 Å². The molecular weight excluding hydrogens is 391 g/mol. The summed E-state index contributed by atoms with van der Waals surface area (Å²) >= 11 is 11.6. The molecule has 0 spiro atoms. The zero-order valence-corrected chi connectivity index (χ0v) is 15.6. The number of esters is 1. The number of hydrogen-bond donors (Lipinski definition) is 1. The SMILES string of the molecule is COC(=O)Cc1c(C)ccn(NS(=O)(=O)c2ccc(Cl)c(Cl)c2)c1=O. The van der Waals surface area contributed by atoms with Gasteiger partial charge in [0.25, 0.3) is 15.6 Å². The topological polar surface area (TPSA) is 94.5 Å². The molecule has 0 saturated carbocycles. The van der Waals surface area contributed by atoms with Crippen LogP contribution in [0, 0.1) is 6.92 Å². The average molecular weight is 405 g/mol. The number of carbonyl (C=O) groups is 1. The normalized spacial score (nSPS) is 11.2. The van der Waals surface area contributed by atoms with Crippen molar-refractivity contribution in [2.45, 2.75) is 18.2 Å². The predicted molar refractivity (Wildman–Crippen MR) is 94.2 cm³/mol. The smallest absolute Gasteiger partial charge is 0.310 e. The van der Waals surface area contributed by atoms with Crippen LogP contribution in [-0.2, 0) is 26.0 Å². The molecule has 10 heteroatoms. The second kappa shape index (κ2) is 7.47. The molecule has 2 aromatic rings. The maximum Gasteiger partial charge on any atom is 0.310 e. The first-order valence-corrected chi connectivity index (χ1v) is 9.15. The van der Waals surface area contributed by atoms with E-state index >= 15 is 0 Å². The van der Waals surface area contributed by atoms with Crippen LogP contribution in [0.1, 0.15) is 11.1 Å². The summed E-state index contributed by atoms with van der Waals surface area (Å²) in [6.07, 6.45) is 0.990. The highest BCUT2D eigenvalue weighted by molar-refractivity contribution is 7.92. The van der Waals surface area contributed by atoms with Crippen molar-refractivity contribution in [2.75, 3.05) is 11.9 Å². The number of nitrogens with zero attached hydrogens (tertiary/aromatic N) is 1. The minimum absolute atomic E-state index is 0.0622. The van der Waals surface area contributed by atoms with Crippen molar-refractivity contribution in [3.63, 3.8) is 0 Å². The van der Waals surface area contributed by atoms with E-state index in [0.29, 0.717) is 5.56 Å². The van der Waals surface area contributed by atoms with E-state index in [2.05, 4.69) is 9.57 Å². The van der Waals surface area contributed by atoms with E-state index in [4.69, 9.17) is 23.2 Å². The summed E-state index contributed by atoms with van der Waals surface area (Å²) in [7, 11) is -2.88. The zero-order valence-electron chi connectivity index (χ0n) is 13.2. The predicted octanol–water partition coefficient (Wildman–Crippen LogP) is 2.11. The van der Waals surface area contributed by atoms with E-state index < -0.39 is 21.6 Å². The van der Waals surface area contributed by atoms with Gasteiger partial charge in [-0.15, -0.1) is 0 Å². The monoisotopic (exact) mass is 404 g/mol. The van der Waals surface area contributed by atoms with E-state index in [-0.39, 0.29) is 26.9 Å². The Balaban J connectivity index is 2.42. The molecule has 0 amide bonds. The van der Waals surface area contributed by atoms with E-state index in [0.717, 1.165) is 4.68 Å². The van der Waals surface area contributed by atoms with Gasteiger partial charge in [-0.1, -0.05) is 23.2 Å². The fraction of sp³-hybridized carbons (Fsp3) is 0.200. The summed E-state index contributed by atoms with van der Waals surface area (Å²) in [5.74, 6) is -0.606. The van der Waals surface area contributed by atoms with Crippen LogP contribution in [0.25, 0.3) is 0 Å². The second-order valence-corrected chi connectivity index (χ2v) is 7.55. The van der Waals surface area contributed by atoms with Crippen LogP contribution in [-0.4, -0.2) is 26.2 Å². The molecule has 1 aromatic heterocycles. The lowest BCUT2D eigenvalue weighted by molar-refractivity contribution is -0.139. The third-order valence-corrected chi connectivity index (χ3v) is 5.45. The van der Waals surface area contributed by atoms with Crippen molar-refractivity contribution in [3.8, 4) is 0 Å². The van der Waals surface area contributed by atoms with E-state index in [1.54, 1.807) is 6.92 Å². The molecule has 25 heavy (non-hydrogen) atoms. The van der Waals surface area contributed by atoms with Gasteiger partial charge < -0.3 is 4.74 Å². The van der Waals surface area contributed by atoms with Crippen molar-refractivity contribution in [3.05, 3.63) is 62.0 Å². The van der Waals surface area contributed by atoms with Gasteiger partial charge in [-0.25, -0.2) is 9.51 Å². The highest BCUT2D eigenvalue weighted by Gasteiger charge is 2.18. The Hall–Kier alpha value is -2.03. The summed E-state index contributed by atoms with van der Waals surface area (Å²) in [5.41, 5.74) is 0.000564. The first-order valence-electron chi connectivity index (χ1n) is 6.91. The Morgan fingerprint density at radius 3 is 2.52 bits per heavy atom. The number of aromatic nitrogens is 1. The van der Waals surface area contributed by atoms with Gasteiger partial charge >= 0.3 is 5.97 Å². The molecule has 0 aliphatic carbocycles. The van der Waals surface area contributed by atoms with E-state index in [1.807, 2.05) is 0 Å². The first kappa shape index (κ1) is 19.3. The van der Waals surface area contributed by atoms with E-state index in [9.17, 15) is 18.0 Å². The summed E-state index contributed by atoms with van der Waals surface area (Å²) in [4.78, 5) is 25.9. The van der Waals surface area contributed by atoms with E-state index in [1.165, 1.54) is 37.6 Å². The lowest BCUT2D eigenvalue weighted by atomic mass is 10.1. The Morgan fingerprint density at radius 2 is 1.92 bits per heavy atom. The number of sulfonamides is 1. The first-order chi connectivity index (χ1) is 11.7. The van der Waals surface area contributed by atoms with Gasteiger partial charge in [0.05, 0.1) is 28.5 Å². The molecule has 1 N–H and O–H groups in total. The van der Waals surface area contributed by atoms with Gasteiger partial charge in [-0.05, 0) is 36.8 Å². The number of halogens is 2. The molecule has 0 atom stereocenters. The van der Waals surface area contributed by atoms with Gasteiger partial charge in [-0.3, -0.25) is 9.59 Å². The number of hydrogen-bond acceptors (Lipinski definition) is 5. The zero-order chi connectivity index (χ0) is 18.8. The highest BCUT2D eigenvalue weighted by atomic mass is 35.5. The molecule has 0 fully saturated rings. The quantitative estimate of drug-likeness (QED) is 0.769. The lowest BCUT2D eigenvalue weighted by Crippen LogP contribution is -2.35. The van der Waals surface area contributed by atoms with Crippen LogP contribution < -0.4 is 10.4 Å². The maximum absolute atomic E-state index is 12.5. The number of carbonyl (C=O) groups excluding carboxylic acids is 1. The molecule has 1 heterocycles. The Bertz CT molecular complexity index is 986. The second-order valence-electron chi connectivity index (χ2n) is 5.08. The number of pyridine rings is 1. The largest absolute Gasteiger partial charge is 0.469 e. The van der Waals surface area contributed by atoms with Crippen molar-refractivity contribution in [2.24, 2.45) is 0 Å². The lowest BCUT2D eigenvalue weighted by Gasteiger charge is -2.13. The maximum atomic E-state index is 12.5. The average Bonchev–Trinajstić information content (AvgIpc) is 2.56. The Labute approximate surface area is 154 Å². The minimum Gasteiger partial charge on any atom is -0.469 e. The van der Waals surface area contributed by atoms with Gasteiger partial charge in [0.2, 0.25) is 0 Å². The molecule has 0 bridgehead atoms. The van der Waals surface area contributed by atoms with Crippen molar-refractivity contribution in [1.29, 1.82) is 0 Å². The standard InChI is InChI=1S/C15H14Cl2N2O5S/c1-9-5-6-19(15(21)11(9)8-14(20)24-2)18-25(22,23)10-3-4-12(16)13(17)7-10/h3-7,18H,8H2,1-2H3. The summed E-state index contributed by atoms with van der Waals surface area (Å²) in [5, 5.41) is 0.264. The minimum atomic E-state index is -4.09. The molecule has 0 unspecified atom stereocenters. The molecule has 2 rings (SSSR count). The fourth-order valence-corrected chi connectivity index (χ4v) is 3.39. The van der Waals surface area contributed by atoms with Crippen molar-refractivity contribution < 1.29 is 17.9 Å². The molecule has 1 aromatic carbocycles.